The lowest BCUT2D eigenvalue weighted by Crippen LogP contribution is -1.96. The Balaban J connectivity index is 2.02. The maximum atomic E-state index is 10.5. The molecular weight excluding hydrogens is 268 g/mol. The number of benzene rings is 2. The summed E-state index contributed by atoms with van der Waals surface area (Å²) in [7, 11) is 0. The van der Waals surface area contributed by atoms with Crippen molar-refractivity contribution in [2.75, 3.05) is 0 Å². The Hall–Kier alpha value is -2.59. The van der Waals surface area contributed by atoms with Crippen molar-refractivity contribution < 1.29 is 19.7 Å². The van der Waals surface area contributed by atoms with Gasteiger partial charge in [-0.05, 0) is 41.0 Å². The summed E-state index contributed by atoms with van der Waals surface area (Å²) in [6, 6.07) is 14.7. The summed E-state index contributed by atoms with van der Waals surface area (Å²) in [6.45, 7) is 0.357. The van der Waals surface area contributed by atoms with Crippen molar-refractivity contribution in [1.29, 1.82) is 0 Å². The van der Waals surface area contributed by atoms with E-state index in [9.17, 15) is 4.79 Å². The Morgan fingerprint density at radius 2 is 1.86 bits per heavy atom. The van der Waals surface area contributed by atoms with Gasteiger partial charge in [0.25, 0.3) is 0 Å². The zero-order valence-corrected chi connectivity index (χ0v) is 11.4. The van der Waals surface area contributed by atoms with Crippen LogP contribution < -0.4 is 4.74 Å². The lowest BCUT2D eigenvalue weighted by molar-refractivity contribution is -0.131. The van der Waals surface area contributed by atoms with Crippen LogP contribution in [0.1, 0.15) is 16.7 Å². The molecule has 0 amide bonds. The molecule has 4 nitrogen and oxygen atoms in total. The van der Waals surface area contributed by atoms with Gasteiger partial charge in [-0.3, -0.25) is 0 Å². The zero-order chi connectivity index (χ0) is 15.1. The van der Waals surface area contributed by atoms with Crippen LogP contribution in [0.2, 0.25) is 0 Å². The molecule has 0 spiro atoms. The summed E-state index contributed by atoms with van der Waals surface area (Å²) in [5, 5.41) is 17.7. The highest BCUT2D eigenvalue weighted by atomic mass is 16.5. The molecule has 0 aromatic heterocycles. The van der Waals surface area contributed by atoms with Gasteiger partial charge in [0, 0.05) is 6.08 Å². The molecule has 108 valence electrons. The van der Waals surface area contributed by atoms with Crippen LogP contribution in [0.4, 0.5) is 0 Å². The molecule has 0 fully saturated rings. The first-order chi connectivity index (χ1) is 10.2. The van der Waals surface area contributed by atoms with Crippen LogP contribution >= 0.6 is 0 Å². The summed E-state index contributed by atoms with van der Waals surface area (Å²) >= 11 is 0. The van der Waals surface area contributed by atoms with Crippen molar-refractivity contribution in [1.82, 2.24) is 0 Å². The van der Waals surface area contributed by atoms with E-state index in [0.717, 1.165) is 22.8 Å². The molecule has 0 unspecified atom stereocenters. The first-order valence-electron chi connectivity index (χ1n) is 6.50. The predicted molar refractivity (Wildman–Crippen MR) is 79.8 cm³/mol. The van der Waals surface area contributed by atoms with E-state index >= 15 is 0 Å². The van der Waals surface area contributed by atoms with Gasteiger partial charge in [-0.25, -0.2) is 4.79 Å². The molecule has 0 saturated carbocycles. The van der Waals surface area contributed by atoms with Crippen molar-refractivity contribution in [3.8, 4) is 5.75 Å². The van der Waals surface area contributed by atoms with Gasteiger partial charge >= 0.3 is 5.97 Å². The average Bonchev–Trinajstić information content (AvgIpc) is 2.51. The molecule has 2 rings (SSSR count). The third kappa shape index (κ3) is 4.78. The van der Waals surface area contributed by atoms with Gasteiger partial charge in [0.05, 0.1) is 6.61 Å². The maximum absolute atomic E-state index is 10.5. The number of aliphatic carboxylic acids is 1. The number of carboxylic acids is 1. The molecule has 0 atom stereocenters. The molecule has 0 heterocycles. The largest absolute Gasteiger partial charge is 0.489 e. The van der Waals surface area contributed by atoms with E-state index < -0.39 is 5.97 Å². The van der Waals surface area contributed by atoms with Gasteiger partial charge in [0.2, 0.25) is 0 Å². The van der Waals surface area contributed by atoms with Crippen LogP contribution in [0, 0.1) is 0 Å². The minimum absolute atomic E-state index is 0.0212. The first kappa shape index (κ1) is 14.8. The standard InChI is InChI=1S/C17H16O4/c18-11-14-4-2-6-16(10-14)21-12-15-5-1-3-13(9-15)7-8-17(19)20/h1-10,18H,11-12H2,(H,19,20). The highest BCUT2D eigenvalue weighted by Gasteiger charge is 1.99. The van der Waals surface area contributed by atoms with Crippen LogP contribution in [0.15, 0.2) is 54.6 Å². The summed E-state index contributed by atoms with van der Waals surface area (Å²) in [4.78, 5) is 10.5. The van der Waals surface area contributed by atoms with Gasteiger partial charge in [-0.1, -0.05) is 30.3 Å². The Morgan fingerprint density at radius 1 is 1.10 bits per heavy atom. The second kappa shape index (κ2) is 7.26. The lowest BCUT2D eigenvalue weighted by atomic mass is 10.1. The average molecular weight is 284 g/mol. The molecule has 0 aliphatic rings. The number of hydrogen-bond donors (Lipinski definition) is 2. The second-order valence-corrected chi connectivity index (χ2v) is 4.51. The van der Waals surface area contributed by atoms with E-state index in [-0.39, 0.29) is 6.61 Å². The molecular formula is C17H16O4. The Bertz CT molecular complexity index is 647. The fourth-order valence-corrected chi connectivity index (χ4v) is 1.85. The topological polar surface area (TPSA) is 66.8 Å². The van der Waals surface area contributed by atoms with E-state index in [1.54, 1.807) is 6.07 Å². The van der Waals surface area contributed by atoms with E-state index in [1.165, 1.54) is 6.08 Å². The van der Waals surface area contributed by atoms with E-state index in [2.05, 4.69) is 0 Å². The highest BCUT2D eigenvalue weighted by Crippen LogP contribution is 2.16. The monoisotopic (exact) mass is 284 g/mol. The van der Waals surface area contributed by atoms with E-state index in [1.807, 2.05) is 42.5 Å². The highest BCUT2D eigenvalue weighted by molar-refractivity contribution is 5.85. The van der Waals surface area contributed by atoms with Gasteiger partial charge in [-0.2, -0.15) is 0 Å². The quantitative estimate of drug-likeness (QED) is 0.800. The van der Waals surface area contributed by atoms with Crippen LogP contribution in [-0.4, -0.2) is 16.2 Å². The summed E-state index contributed by atoms with van der Waals surface area (Å²) < 4.78 is 5.66. The third-order valence-electron chi connectivity index (χ3n) is 2.86. The molecule has 0 radical (unpaired) electrons. The molecule has 0 aliphatic carbocycles. The normalized spacial score (nSPS) is 10.7. The number of carboxylic acid groups (broad SMARTS) is 1. The summed E-state index contributed by atoms with van der Waals surface area (Å²) in [6.07, 6.45) is 2.64. The van der Waals surface area contributed by atoms with E-state index in [4.69, 9.17) is 14.9 Å². The van der Waals surface area contributed by atoms with Crippen molar-refractivity contribution >= 4 is 12.0 Å². The minimum Gasteiger partial charge on any atom is -0.489 e. The molecule has 2 N–H and O–H groups in total. The third-order valence-corrected chi connectivity index (χ3v) is 2.86. The van der Waals surface area contributed by atoms with Crippen LogP contribution in [0.5, 0.6) is 5.75 Å². The summed E-state index contributed by atoms with van der Waals surface area (Å²) in [5.74, 6) is -0.287. The number of aliphatic hydroxyl groups excluding tert-OH is 1. The van der Waals surface area contributed by atoms with Gasteiger partial charge in [-0.15, -0.1) is 0 Å². The Labute approximate surface area is 122 Å². The maximum Gasteiger partial charge on any atom is 0.328 e. The van der Waals surface area contributed by atoms with Crippen molar-refractivity contribution in [2.24, 2.45) is 0 Å². The van der Waals surface area contributed by atoms with Crippen LogP contribution in [-0.2, 0) is 18.0 Å². The van der Waals surface area contributed by atoms with E-state index in [0.29, 0.717) is 12.4 Å². The van der Waals surface area contributed by atoms with Crippen molar-refractivity contribution in [3.63, 3.8) is 0 Å². The number of ether oxygens (including phenoxy) is 1. The Kier molecular flexibility index (Phi) is 5.12. The number of hydrogen-bond acceptors (Lipinski definition) is 3. The smallest absolute Gasteiger partial charge is 0.328 e. The fraction of sp³-hybridized carbons (Fsp3) is 0.118. The number of carbonyl (C=O) groups is 1. The molecule has 2 aromatic carbocycles. The van der Waals surface area contributed by atoms with Gasteiger partial charge in [0.15, 0.2) is 0 Å². The summed E-state index contributed by atoms with van der Waals surface area (Å²) in [5.41, 5.74) is 2.55. The lowest BCUT2D eigenvalue weighted by Gasteiger charge is -2.08. The molecule has 2 aromatic rings. The van der Waals surface area contributed by atoms with Crippen LogP contribution in [0.25, 0.3) is 6.08 Å². The minimum atomic E-state index is -0.975. The first-order valence-corrected chi connectivity index (χ1v) is 6.50. The molecule has 21 heavy (non-hydrogen) atoms. The Morgan fingerprint density at radius 3 is 2.62 bits per heavy atom. The van der Waals surface area contributed by atoms with Crippen molar-refractivity contribution in [3.05, 3.63) is 71.3 Å². The second-order valence-electron chi connectivity index (χ2n) is 4.51. The molecule has 0 saturated heterocycles. The van der Waals surface area contributed by atoms with Gasteiger partial charge < -0.3 is 14.9 Å². The molecule has 4 heteroatoms. The SMILES string of the molecule is O=C(O)C=Cc1cccc(COc2cccc(CO)c2)c1. The van der Waals surface area contributed by atoms with Crippen LogP contribution in [0.3, 0.4) is 0 Å². The molecule has 0 bridgehead atoms. The molecule has 0 aliphatic heterocycles. The fourth-order valence-electron chi connectivity index (χ4n) is 1.85. The number of rotatable bonds is 6. The number of aliphatic hydroxyl groups is 1. The predicted octanol–water partition coefficient (Wildman–Crippen LogP) is 2.86. The van der Waals surface area contributed by atoms with Crippen molar-refractivity contribution in [2.45, 2.75) is 13.2 Å². The van der Waals surface area contributed by atoms with Gasteiger partial charge in [0.1, 0.15) is 12.4 Å². The zero-order valence-electron chi connectivity index (χ0n) is 11.4.